The number of ether oxygens (including phenoxy) is 1. The lowest BCUT2D eigenvalue weighted by Gasteiger charge is -2.37. The maximum atomic E-state index is 13.3. The molecular formula is C23H24F3N3O3. The summed E-state index contributed by atoms with van der Waals surface area (Å²) in [6, 6.07) is 7.74. The second kappa shape index (κ2) is 8.80. The largest absolute Gasteiger partial charge is 0.465 e. The van der Waals surface area contributed by atoms with Crippen molar-refractivity contribution in [2.24, 2.45) is 5.92 Å². The summed E-state index contributed by atoms with van der Waals surface area (Å²) >= 11 is 0. The van der Waals surface area contributed by atoms with Crippen molar-refractivity contribution in [1.29, 1.82) is 0 Å². The highest BCUT2D eigenvalue weighted by atomic mass is 19.4. The number of halogens is 3. The van der Waals surface area contributed by atoms with E-state index in [1.165, 1.54) is 13.2 Å². The zero-order valence-corrected chi connectivity index (χ0v) is 17.7. The van der Waals surface area contributed by atoms with Gasteiger partial charge in [0.25, 0.3) is 0 Å². The summed E-state index contributed by atoms with van der Waals surface area (Å²) in [6.07, 6.45) is -0.919. The average molecular weight is 447 g/mol. The lowest BCUT2D eigenvalue weighted by Crippen LogP contribution is -2.44. The molecule has 2 aliphatic rings. The van der Waals surface area contributed by atoms with E-state index in [-0.39, 0.29) is 11.8 Å². The molecule has 32 heavy (non-hydrogen) atoms. The average Bonchev–Trinajstić information content (AvgIpc) is 2.82. The van der Waals surface area contributed by atoms with Crippen molar-refractivity contribution < 1.29 is 27.5 Å². The summed E-state index contributed by atoms with van der Waals surface area (Å²) in [5, 5.41) is 0. The third-order valence-corrected chi connectivity index (χ3v) is 6.17. The first kappa shape index (κ1) is 22.1. The molecule has 0 atom stereocenters. The highest BCUT2D eigenvalue weighted by Gasteiger charge is 2.34. The smallest absolute Gasteiger partial charge is 0.417 e. The molecule has 1 saturated heterocycles. The maximum absolute atomic E-state index is 13.3. The molecule has 2 aromatic rings. The van der Waals surface area contributed by atoms with Gasteiger partial charge in [0.2, 0.25) is 5.91 Å². The van der Waals surface area contributed by atoms with Gasteiger partial charge in [-0.15, -0.1) is 0 Å². The van der Waals surface area contributed by atoms with E-state index >= 15 is 0 Å². The molecule has 1 amide bonds. The van der Waals surface area contributed by atoms with Gasteiger partial charge in [0, 0.05) is 37.4 Å². The second-order valence-corrected chi connectivity index (χ2v) is 8.05. The Labute approximate surface area is 184 Å². The number of hydrogen-bond donors (Lipinski definition) is 0. The molecule has 1 fully saturated rings. The predicted octanol–water partition coefficient (Wildman–Crippen LogP) is 4.08. The number of esters is 1. The van der Waals surface area contributed by atoms with Gasteiger partial charge in [0.1, 0.15) is 5.82 Å². The molecular weight excluding hydrogens is 423 g/mol. The minimum Gasteiger partial charge on any atom is -0.465 e. The first-order chi connectivity index (χ1) is 15.3. The van der Waals surface area contributed by atoms with Crippen LogP contribution in [0.4, 0.5) is 24.7 Å². The van der Waals surface area contributed by atoms with E-state index < -0.39 is 17.7 Å². The number of benzene rings is 1. The van der Waals surface area contributed by atoms with E-state index in [0.717, 1.165) is 29.9 Å². The normalized spacial score (nSPS) is 17.1. The van der Waals surface area contributed by atoms with Crippen molar-refractivity contribution in [3.05, 3.63) is 53.2 Å². The van der Waals surface area contributed by atoms with Gasteiger partial charge in [-0.1, -0.05) is 6.07 Å². The highest BCUT2D eigenvalue weighted by Crippen LogP contribution is 2.34. The Balaban J connectivity index is 1.44. The van der Waals surface area contributed by atoms with Crippen LogP contribution in [0, 0.1) is 5.92 Å². The summed E-state index contributed by atoms with van der Waals surface area (Å²) in [7, 11) is 1.34. The number of fused-ring (bicyclic) bond motifs is 1. The lowest BCUT2D eigenvalue weighted by atomic mass is 9.91. The van der Waals surface area contributed by atoms with Crippen molar-refractivity contribution >= 4 is 23.4 Å². The van der Waals surface area contributed by atoms with Crippen LogP contribution in [-0.2, 0) is 22.1 Å². The highest BCUT2D eigenvalue weighted by molar-refractivity contribution is 5.99. The molecule has 1 aromatic heterocycles. The Kier molecular flexibility index (Phi) is 6.08. The molecule has 0 unspecified atom stereocenters. The van der Waals surface area contributed by atoms with Gasteiger partial charge in [0.05, 0.1) is 18.2 Å². The molecule has 9 heteroatoms. The van der Waals surface area contributed by atoms with E-state index in [0.29, 0.717) is 50.3 Å². The first-order valence-electron chi connectivity index (χ1n) is 10.6. The third kappa shape index (κ3) is 4.28. The molecule has 170 valence electrons. The zero-order chi connectivity index (χ0) is 22.9. The van der Waals surface area contributed by atoms with Crippen molar-refractivity contribution in [2.45, 2.75) is 31.9 Å². The van der Waals surface area contributed by atoms with E-state index in [4.69, 9.17) is 4.74 Å². The van der Waals surface area contributed by atoms with Gasteiger partial charge >= 0.3 is 12.1 Å². The number of alkyl halides is 3. The molecule has 0 spiro atoms. The Bertz CT molecular complexity index is 1000. The van der Waals surface area contributed by atoms with Gasteiger partial charge < -0.3 is 14.5 Å². The van der Waals surface area contributed by atoms with Crippen LogP contribution in [0.15, 0.2) is 36.5 Å². The standard InChI is InChI=1S/C23H24F3N3O3/c1-32-22(31)18-4-2-6-19-17(18)5-3-11-29(19)21(30)15-9-12-28(13-10-15)20-8-7-16(14-27-20)23(24,25)26/h2,4,6-8,14-15H,3,5,9-13H2,1H3. The van der Waals surface area contributed by atoms with Crippen LogP contribution in [0.1, 0.15) is 40.7 Å². The quantitative estimate of drug-likeness (QED) is 0.664. The predicted molar refractivity (Wildman–Crippen MR) is 113 cm³/mol. The zero-order valence-electron chi connectivity index (χ0n) is 17.7. The van der Waals surface area contributed by atoms with Gasteiger partial charge in [-0.05, 0) is 55.5 Å². The number of hydrogen-bond acceptors (Lipinski definition) is 5. The molecule has 0 saturated carbocycles. The lowest BCUT2D eigenvalue weighted by molar-refractivity contribution is -0.137. The minimum absolute atomic E-state index is 0.0213. The van der Waals surface area contributed by atoms with E-state index in [9.17, 15) is 22.8 Å². The van der Waals surface area contributed by atoms with Crippen LogP contribution in [-0.4, -0.2) is 43.6 Å². The number of carbonyl (C=O) groups excluding carboxylic acids is 2. The van der Waals surface area contributed by atoms with E-state index in [1.54, 1.807) is 17.0 Å². The Hall–Kier alpha value is -3.10. The molecule has 3 heterocycles. The molecule has 2 aliphatic heterocycles. The SMILES string of the molecule is COC(=O)c1cccc2c1CCCN2C(=O)C1CCN(c2ccc(C(F)(F)F)cn2)CC1. The van der Waals surface area contributed by atoms with E-state index in [1.807, 2.05) is 11.0 Å². The van der Waals surface area contributed by atoms with Crippen molar-refractivity contribution in [2.75, 3.05) is 36.5 Å². The van der Waals surface area contributed by atoms with Gasteiger partial charge in [0.15, 0.2) is 0 Å². The number of pyridine rings is 1. The van der Waals surface area contributed by atoms with Crippen LogP contribution in [0.2, 0.25) is 0 Å². The Morgan fingerprint density at radius 1 is 1.09 bits per heavy atom. The summed E-state index contributed by atoms with van der Waals surface area (Å²) in [4.78, 5) is 33.1. The number of nitrogens with zero attached hydrogens (tertiary/aromatic N) is 3. The number of rotatable bonds is 3. The van der Waals surface area contributed by atoms with Crippen LogP contribution in [0.3, 0.4) is 0 Å². The van der Waals surface area contributed by atoms with Crippen LogP contribution in [0.25, 0.3) is 0 Å². The summed E-state index contributed by atoms with van der Waals surface area (Å²) in [5.41, 5.74) is 1.31. The molecule has 6 nitrogen and oxygen atoms in total. The summed E-state index contributed by atoms with van der Waals surface area (Å²) in [6.45, 7) is 1.67. The molecule has 0 N–H and O–H groups in total. The minimum atomic E-state index is -4.41. The van der Waals surface area contributed by atoms with Crippen LogP contribution in [0.5, 0.6) is 0 Å². The number of anilines is 2. The fraction of sp³-hybridized carbons (Fsp3) is 0.435. The summed E-state index contributed by atoms with van der Waals surface area (Å²) < 4.78 is 43.1. The number of piperidine rings is 1. The Morgan fingerprint density at radius 2 is 1.84 bits per heavy atom. The van der Waals surface area contributed by atoms with Crippen molar-refractivity contribution in [3.63, 3.8) is 0 Å². The fourth-order valence-corrected chi connectivity index (χ4v) is 4.47. The number of amides is 1. The van der Waals surface area contributed by atoms with Crippen molar-refractivity contribution in [3.8, 4) is 0 Å². The van der Waals surface area contributed by atoms with Gasteiger partial charge in [-0.3, -0.25) is 4.79 Å². The second-order valence-electron chi connectivity index (χ2n) is 8.05. The van der Waals surface area contributed by atoms with Gasteiger partial charge in [-0.25, -0.2) is 9.78 Å². The first-order valence-corrected chi connectivity index (χ1v) is 10.6. The molecule has 0 bridgehead atoms. The number of carbonyl (C=O) groups is 2. The van der Waals surface area contributed by atoms with Gasteiger partial charge in [-0.2, -0.15) is 13.2 Å². The third-order valence-electron chi connectivity index (χ3n) is 6.17. The van der Waals surface area contributed by atoms with Crippen molar-refractivity contribution in [1.82, 2.24) is 4.98 Å². The van der Waals surface area contributed by atoms with Crippen LogP contribution >= 0.6 is 0 Å². The molecule has 1 aromatic carbocycles. The Morgan fingerprint density at radius 3 is 2.47 bits per heavy atom. The topological polar surface area (TPSA) is 62.7 Å². The van der Waals surface area contributed by atoms with Crippen LogP contribution < -0.4 is 9.80 Å². The molecule has 4 rings (SSSR count). The summed E-state index contributed by atoms with van der Waals surface area (Å²) in [5.74, 6) is -0.0927. The maximum Gasteiger partial charge on any atom is 0.417 e. The number of aromatic nitrogens is 1. The van der Waals surface area contributed by atoms with E-state index in [2.05, 4.69) is 4.98 Å². The molecule has 0 radical (unpaired) electrons. The monoisotopic (exact) mass is 447 g/mol. The number of methoxy groups -OCH3 is 1. The fourth-order valence-electron chi connectivity index (χ4n) is 4.47. The molecule has 0 aliphatic carbocycles.